The number of amides is 1. The molecule has 1 amide bonds. The lowest BCUT2D eigenvalue weighted by atomic mass is 9.76. The number of fused-ring (bicyclic) bond motifs is 1. The van der Waals surface area contributed by atoms with Gasteiger partial charge in [-0.2, -0.15) is 0 Å². The SMILES string of the molecule is CN(C(=O)CCCCCCC(=O)CCCCCCCCCOP(C)(=O)O)[C@H]1CC[C@@H](c2ccc(Cl)c(Cl)c2)c2ccccc21. The molecule has 0 aliphatic heterocycles. The Kier molecular flexibility index (Phi) is 15.9. The molecule has 0 heterocycles. The van der Waals surface area contributed by atoms with E-state index in [2.05, 4.69) is 30.3 Å². The van der Waals surface area contributed by atoms with Crippen LogP contribution in [0.25, 0.3) is 0 Å². The fourth-order valence-electron chi connectivity index (χ4n) is 6.21. The van der Waals surface area contributed by atoms with E-state index in [4.69, 9.17) is 32.6 Å². The molecule has 0 saturated heterocycles. The van der Waals surface area contributed by atoms with Crippen molar-refractivity contribution in [2.24, 2.45) is 0 Å². The maximum Gasteiger partial charge on any atom is 0.325 e. The summed E-state index contributed by atoms with van der Waals surface area (Å²) in [4.78, 5) is 36.4. The van der Waals surface area contributed by atoms with Crippen LogP contribution in [0.4, 0.5) is 0 Å². The van der Waals surface area contributed by atoms with Crippen molar-refractivity contribution < 1.29 is 23.6 Å². The van der Waals surface area contributed by atoms with Crippen LogP contribution >= 0.6 is 30.8 Å². The van der Waals surface area contributed by atoms with Gasteiger partial charge in [-0.25, -0.2) is 0 Å². The molecule has 0 fully saturated rings. The van der Waals surface area contributed by atoms with E-state index in [1.165, 1.54) is 17.8 Å². The van der Waals surface area contributed by atoms with E-state index < -0.39 is 7.60 Å². The van der Waals surface area contributed by atoms with Gasteiger partial charge in [0.1, 0.15) is 5.78 Å². The molecular formula is C35H50Cl2NO5P. The van der Waals surface area contributed by atoms with Gasteiger partial charge in [-0.15, -0.1) is 0 Å². The summed E-state index contributed by atoms with van der Waals surface area (Å²) in [7, 11) is -1.41. The first-order chi connectivity index (χ1) is 21.1. The lowest BCUT2D eigenvalue weighted by molar-refractivity contribution is -0.132. The van der Waals surface area contributed by atoms with Gasteiger partial charge in [-0.05, 0) is 67.3 Å². The number of hydrogen-bond donors (Lipinski definition) is 1. The Morgan fingerprint density at radius 2 is 1.39 bits per heavy atom. The maximum atomic E-state index is 13.1. The van der Waals surface area contributed by atoms with Crippen LogP contribution in [0.3, 0.4) is 0 Å². The van der Waals surface area contributed by atoms with Crippen molar-refractivity contribution in [2.75, 3.05) is 20.3 Å². The predicted molar refractivity (Wildman–Crippen MR) is 181 cm³/mol. The molecule has 1 aliphatic carbocycles. The summed E-state index contributed by atoms with van der Waals surface area (Å²) in [6, 6.07) is 14.4. The molecule has 1 aliphatic rings. The average molecular weight is 667 g/mol. The molecule has 1 N–H and O–H groups in total. The zero-order chi connectivity index (χ0) is 32.0. The van der Waals surface area contributed by atoms with Crippen LogP contribution in [0.5, 0.6) is 0 Å². The van der Waals surface area contributed by atoms with Gasteiger partial charge in [0.15, 0.2) is 0 Å². The van der Waals surface area contributed by atoms with Gasteiger partial charge >= 0.3 is 7.60 Å². The summed E-state index contributed by atoms with van der Waals surface area (Å²) in [5.41, 5.74) is 3.62. The molecular weight excluding hydrogens is 616 g/mol. The summed E-state index contributed by atoms with van der Waals surface area (Å²) < 4.78 is 15.9. The van der Waals surface area contributed by atoms with Gasteiger partial charge in [0, 0.05) is 38.9 Å². The lowest BCUT2D eigenvalue weighted by Crippen LogP contribution is -2.34. The number of unbranched alkanes of at least 4 members (excludes halogenated alkanes) is 9. The Balaban J connectivity index is 1.27. The minimum atomic E-state index is -3.35. The number of Topliss-reactive ketones (excluding diaryl/α,β-unsaturated/α-hetero) is 1. The van der Waals surface area contributed by atoms with Crippen molar-refractivity contribution in [3.05, 3.63) is 69.2 Å². The molecule has 0 saturated carbocycles. The van der Waals surface area contributed by atoms with Gasteiger partial charge in [0.05, 0.1) is 22.7 Å². The third-order valence-corrected chi connectivity index (χ3v) is 10.1. The van der Waals surface area contributed by atoms with Crippen LogP contribution in [-0.4, -0.2) is 41.8 Å². The van der Waals surface area contributed by atoms with Crippen molar-refractivity contribution in [3.63, 3.8) is 0 Å². The van der Waals surface area contributed by atoms with Crippen molar-refractivity contribution in [1.29, 1.82) is 0 Å². The fraction of sp³-hybridized carbons (Fsp3) is 0.600. The highest BCUT2D eigenvalue weighted by molar-refractivity contribution is 7.51. The Labute approximate surface area is 274 Å². The molecule has 6 nitrogen and oxygen atoms in total. The molecule has 0 spiro atoms. The minimum absolute atomic E-state index is 0.0689. The summed E-state index contributed by atoms with van der Waals surface area (Å²) in [5.74, 6) is 0.762. The van der Waals surface area contributed by atoms with E-state index in [9.17, 15) is 14.2 Å². The number of rotatable bonds is 20. The molecule has 2 aromatic carbocycles. The Morgan fingerprint density at radius 3 is 2.00 bits per heavy atom. The van der Waals surface area contributed by atoms with Crippen LogP contribution in [0.15, 0.2) is 42.5 Å². The molecule has 3 rings (SSSR count). The quantitative estimate of drug-likeness (QED) is 0.112. The van der Waals surface area contributed by atoms with Crippen molar-refractivity contribution in [2.45, 2.75) is 115 Å². The second kappa shape index (κ2) is 19.1. The first-order valence-electron chi connectivity index (χ1n) is 16.3. The van der Waals surface area contributed by atoms with Gasteiger partial charge in [0.25, 0.3) is 0 Å². The third kappa shape index (κ3) is 12.6. The van der Waals surface area contributed by atoms with E-state index in [-0.39, 0.29) is 17.9 Å². The smallest absolute Gasteiger partial charge is 0.325 e. The number of ketones is 1. The van der Waals surface area contributed by atoms with Crippen LogP contribution in [-0.2, 0) is 18.7 Å². The molecule has 244 valence electrons. The minimum Gasteiger partial charge on any atom is -0.339 e. The Hall–Kier alpha value is -1.69. The Bertz CT molecular complexity index is 1250. The summed E-state index contributed by atoms with van der Waals surface area (Å²) >= 11 is 12.5. The number of carbonyl (C=O) groups excluding carboxylic acids is 2. The second-order valence-electron chi connectivity index (χ2n) is 12.3. The number of hydrogen-bond acceptors (Lipinski definition) is 4. The normalized spacial score (nSPS) is 17.6. The monoisotopic (exact) mass is 665 g/mol. The van der Waals surface area contributed by atoms with Crippen molar-refractivity contribution >= 4 is 42.5 Å². The van der Waals surface area contributed by atoms with Gasteiger partial charge in [0.2, 0.25) is 5.91 Å². The third-order valence-electron chi connectivity index (χ3n) is 8.69. The van der Waals surface area contributed by atoms with Gasteiger partial charge in [-0.3, -0.25) is 14.2 Å². The predicted octanol–water partition coefficient (Wildman–Crippen LogP) is 10.3. The van der Waals surface area contributed by atoms with E-state index in [1.807, 2.05) is 24.1 Å². The van der Waals surface area contributed by atoms with Crippen LogP contribution < -0.4 is 0 Å². The zero-order valence-corrected chi connectivity index (χ0v) is 28.9. The Morgan fingerprint density at radius 1 is 0.818 bits per heavy atom. The van der Waals surface area contributed by atoms with Crippen molar-refractivity contribution in [1.82, 2.24) is 4.90 Å². The molecule has 3 atom stereocenters. The van der Waals surface area contributed by atoms with Crippen LogP contribution in [0.1, 0.15) is 131 Å². The number of benzene rings is 2. The summed E-state index contributed by atoms with van der Waals surface area (Å²) in [6.45, 7) is 1.55. The first-order valence-corrected chi connectivity index (χ1v) is 19.1. The summed E-state index contributed by atoms with van der Waals surface area (Å²) in [6.07, 6.45) is 14.5. The van der Waals surface area contributed by atoms with E-state index in [0.29, 0.717) is 41.7 Å². The topological polar surface area (TPSA) is 83.9 Å². The fourth-order valence-corrected chi connectivity index (χ4v) is 6.99. The molecule has 2 aromatic rings. The molecule has 0 aromatic heterocycles. The molecule has 1 unspecified atom stereocenters. The highest BCUT2D eigenvalue weighted by Crippen LogP contribution is 2.44. The van der Waals surface area contributed by atoms with Gasteiger partial charge < -0.3 is 14.3 Å². The van der Waals surface area contributed by atoms with E-state index >= 15 is 0 Å². The van der Waals surface area contributed by atoms with Crippen LogP contribution in [0.2, 0.25) is 10.0 Å². The largest absolute Gasteiger partial charge is 0.339 e. The number of carbonyl (C=O) groups is 2. The van der Waals surface area contributed by atoms with Crippen LogP contribution in [0, 0.1) is 0 Å². The van der Waals surface area contributed by atoms with Gasteiger partial charge in [-0.1, -0.05) is 98.5 Å². The average Bonchev–Trinajstić information content (AvgIpc) is 2.99. The molecule has 9 heteroatoms. The summed E-state index contributed by atoms with van der Waals surface area (Å²) in [5, 5.41) is 1.13. The van der Waals surface area contributed by atoms with E-state index in [0.717, 1.165) is 89.0 Å². The molecule has 44 heavy (non-hydrogen) atoms. The first kappa shape index (κ1) is 36.8. The standard InChI is InChI=1S/C35H50Cl2NO5P/c1-38(34-24-22-29(30-18-13-14-19-31(30)34)27-21-23-32(36)33(37)26-27)35(40)20-12-8-7-11-17-28(39)16-10-6-4-3-5-9-15-25-43-44(2,41)42/h13-14,18-19,21,23,26,29,34H,3-12,15-17,20,22,24-25H2,1-2H3,(H,41,42)/t29-,34-/m0/s1. The number of halogens is 2. The molecule has 0 radical (unpaired) electrons. The highest BCUT2D eigenvalue weighted by Gasteiger charge is 2.32. The highest BCUT2D eigenvalue weighted by atomic mass is 35.5. The number of nitrogens with zero attached hydrogens (tertiary/aromatic N) is 1. The molecule has 0 bridgehead atoms. The maximum absolute atomic E-state index is 13.1. The zero-order valence-electron chi connectivity index (χ0n) is 26.4. The lowest BCUT2D eigenvalue weighted by Gasteiger charge is -2.37. The van der Waals surface area contributed by atoms with Crippen molar-refractivity contribution in [3.8, 4) is 0 Å². The second-order valence-corrected chi connectivity index (χ2v) is 14.9. The van der Waals surface area contributed by atoms with E-state index in [1.54, 1.807) is 0 Å².